The highest BCUT2D eigenvalue weighted by Gasteiger charge is 2.21. The van der Waals surface area contributed by atoms with E-state index in [1.807, 2.05) is 0 Å². The molecule has 0 amide bonds. The molecule has 0 N–H and O–H groups in total. The van der Waals surface area contributed by atoms with Gasteiger partial charge in [0.2, 0.25) is 5.24 Å². The van der Waals surface area contributed by atoms with E-state index in [-0.39, 0.29) is 10.5 Å². The van der Waals surface area contributed by atoms with Crippen LogP contribution in [0.3, 0.4) is 0 Å². The van der Waals surface area contributed by atoms with E-state index in [9.17, 15) is 4.79 Å². The summed E-state index contributed by atoms with van der Waals surface area (Å²) in [5, 5.41) is -0.453. The Kier molecular flexibility index (Phi) is 2.44. The summed E-state index contributed by atoms with van der Waals surface area (Å²) in [6.45, 7) is 0. The van der Waals surface area contributed by atoms with E-state index in [0.717, 1.165) is 0 Å². The van der Waals surface area contributed by atoms with E-state index in [4.69, 9.17) is 23.2 Å². The van der Waals surface area contributed by atoms with Crippen molar-refractivity contribution in [3.8, 4) is 0 Å². The van der Waals surface area contributed by atoms with Crippen molar-refractivity contribution in [2.45, 2.75) is 11.7 Å². The van der Waals surface area contributed by atoms with Crippen LogP contribution in [0.15, 0.2) is 10.4 Å². The largest absolute Gasteiger partial charge is 0.280 e. The second-order valence-electron chi connectivity index (χ2n) is 1.65. The smallest absolute Gasteiger partial charge is 0.235 e. The van der Waals surface area contributed by atoms with Crippen LogP contribution in [0.1, 0.15) is 6.42 Å². The molecule has 1 atom stereocenters. The molecule has 1 aliphatic rings. The van der Waals surface area contributed by atoms with Gasteiger partial charge in [-0.1, -0.05) is 17.7 Å². The number of thioether (sulfide) groups is 1. The predicted octanol–water partition coefficient (Wildman–Crippen LogP) is 2.34. The van der Waals surface area contributed by atoms with E-state index in [0.29, 0.717) is 10.8 Å². The van der Waals surface area contributed by atoms with E-state index in [2.05, 4.69) is 0 Å². The van der Waals surface area contributed by atoms with Crippen LogP contribution in [0.4, 0.5) is 0 Å². The van der Waals surface area contributed by atoms with Crippen LogP contribution in [0.2, 0.25) is 0 Å². The lowest BCUT2D eigenvalue weighted by Crippen LogP contribution is -2.05. The van der Waals surface area contributed by atoms with Gasteiger partial charge in [-0.05, 0) is 18.0 Å². The Labute approximate surface area is 67.4 Å². The van der Waals surface area contributed by atoms with E-state index in [1.165, 1.54) is 11.8 Å². The third-order valence-electron chi connectivity index (χ3n) is 1.00. The molecule has 4 heteroatoms. The maximum Gasteiger partial charge on any atom is 0.235 e. The molecule has 1 aliphatic heterocycles. The van der Waals surface area contributed by atoms with Gasteiger partial charge in [0.15, 0.2) is 0 Å². The minimum absolute atomic E-state index is 0.140. The summed E-state index contributed by atoms with van der Waals surface area (Å²) >= 11 is 12.1. The first-order valence-electron chi connectivity index (χ1n) is 2.42. The van der Waals surface area contributed by atoms with Crippen LogP contribution in [0.5, 0.6) is 0 Å². The fraction of sp³-hybridized carbons (Fsp3) is 0.400. The Hall–Kier alpha value is 0.340. The second kappa shape index (κ2) is 2.95. The number of hydrogen-bond donors (Lipinski definition) is 0. The number of allylic oxidation sites excluding steroid dienone is 1. The lowest BCUT2D eigenvalue weighted by molar-refractivity contribution is -0.111. The van der Waals surface area contributed by atoms with Crippen LogP contribution in [-0.2, 0) is 4.79 Å². The van der Waals surface area contributed by atoms with Crippen molar-refractivity contribution in [2.24, 2.45) is 0 Å². The van der Waals surface area contributed by atoms with Crippen LogP contribution in [0, 0.1) is 0 Å². The van der Waals surface area contributed by atoms with Crippen molar-refractivity contribution in [3.05, 3.63) is 10.4 Å². The van der Waals surface area contributed by atoms with Crippen molar-refractivity contribution in [1.82, 2.24) is 0 Å². The van der Waals surface area contributed by atoms with Gasteiger partial charge in [0.05, 0.1) is 9.61 Å². The number of carbonyl (C=O) groups is 1. The van der Waals surface area contributed by atoms with Crippen molar-refractivity contribution in [2.75, 3.05) is 0 Å². The van der Waals surface area contributed by atoms with Crippen molar-refractivity contribution in [1.29, 1.82) is 0 Å². The zero-order valence-corrected chi connectivity index (χ0v) is 6.76. The average Bonchev–Trinajstić information content (AvgIpc) is 2.14. The number of halogens is 2. The summed E-state index contributed by atoms with van der Waals surface area (Å²) in [4.78, 5) is 10.4. The van der Waals surface area contributed by atoms with Gasteiger partial charge >= 0.3 is 0 Å². The molecule has 0 aromatic heterocycles. The Morgan fingerprint density at radius 3 is 2.78 bits per heavy atom. The van der Waals surface area contributed by atoms with Crippen molar-refractivity contribution in [3.63, 3.8) is 0 Å². The van der Waals surface area contributed by atoms with E-state index >= 15 is 0 Å². The topological polar surface area (TPSA) is 17.1 Å². The van der Waals surface area contributed by atoms with Gasteiger partial charge in [-0.25, -0.2) is 0 Å². The Morgan fingerprint density at radius 2 is 2.56 bits per heavy atom. The van der Waals surface area contributed by atoms with Crippen LogP contribution >= 0.6 is 35.0 Å². The van der Waals surface area contributed by atoms with Crippen molar-refractivity contribution >= 4 is 40.2 Å². The average molecular weight is 183 g/mol. The van der Waals surface area contributed by atoms with Gasteiger partial charge in [-0.2, -0.15) is 0 Å². The van der Waals surface area contributed by atoms with E-state index in [1.54, 1.807) is 6.08 Å². The maximum atomic E-state index is 10.4. The molecule has 0 saturated heterocycles. The lowest BCUT2D eigenvalue weighted by Gasteiger charge is -1.97. The molecule has 1 heterocycles. The van der Waals surface area contributed by atoms with Gasteiger partial charge in [0, 0.05) is 0 Å². The molecular formula is C5H4Cl2OS. The molecule has 0 fully saturated rings. The molecule has 0 aromatic rings. The molecule has 0 radical (unpaired) electrons. The first kappa shape index (κ1) is 7.45. The second-order valence-corrected chi connectivity index (χ2v) is 3.90. The maximum absolute atomic E-state index is 10.4. The van der Waals surface area contributed by atoms with Crippen LogP contribution in [0.25, 0.3) is 0 Å². The Morgan fingerprint density at radius 1 is 1.89 bits per heavy atom. The Balaban J connectivity index is 2.47. The third-order valence-corrected chi connectivity index (χ3v) is 2.90. The molecule has 1 nitrogen and oxygen atoms in total. The molecule has 0 saturated carbocycles. The Bertz CT molecular complexity index is 166. The first-order chi connectivity index (χ1) is 4.20. The van der Waals surface area contributed by atoms with Gasteiger partial charge in [0.1, 0.15) is 0 Å². The number of hydrogen-bond acceptors (Lipinski definition) is 2. The van der Waals surface area contributed by atoms with Gasteiger partial charge in [0.25, 0.3) is 0 Å². The van der Waals surface area contributed by atoms with Crippen LogP contribution < -0.4 is 0 Å². The predicted molar refractivity (Wildman–Crippen MR) is 40.8 cm³/mol. The molecule has 50 valence electrons. The molecule has 0 aromatic carbocycles. The third kappa shape index (κ3) is 1.88. The minimum atomic E-state index is -0.313. The highest BCUT2D eigenvalue weighted by atomic mass is 35.5. The van der Waals surface area contributed by atoms with Crippen molar-refractivity contribution < 1.29 is 4.79 Å². The van der Waals surface area contributed by atoms with Gasteiger partial charge in [-0.15, -0.1) is 11.8 Å². The summed E-state index contributed by atoms with van der Waals surface area (Å²) in [6.07, 6.45) is 2.48. The number of carbonyl (C=O) groups excluding carboxylic acids is 1. The fourth-order valence-corrected chi connectivity index (χ4v) is 1.95. The van der Waals surface area contributed by atoms with Gasteiger partial charge in [-0.3, -0.25) is 4.79 Å². The summed E-state index contributed by atoms with van der Waals surface area (Å²) in [6, 6.07) is 0. The van der Waals surface area contributed by atoms with Crippen LogP contribution in [-0.4, -0.2) is 10.5 Å². The molecule has 0 bridgehead atoms. The molecule has 1 rings (SSSR count). The first-order valence-corrected chi connectivity index (χ1v) is 4.05. The zero-order chi connectivity index (χ0) is 6.85. The molecule has 0 spiro atoms. The highest BCUT2D eigenvalue weighted by molar-refractivity contribution is 8.06. The molecule has 1 unspecified atom stereocenters. The summed E-state index contributed by atoms with van der Waals surface area (Å²) < 4.78 is 0.675. The quantitative estimate of drug-likeness (QED) is 0.580. The normalized spacial score (nSPS) is 26.0. The SMILES string of the molecule is O=C(Cl)C1CC=C(Cl)S1. The zero-order valence-electron chi connectivity index (χ0n) is 4.43. The fourth-order valence-electron chi connectivity index (χ4n) is 0.571. The molecular weight excluding hydrogens is 179 g/mol. The monoisotopic (exact) mass is 182 g/mol. The molecule has 0 aliphatic carbocycles. The number of rotatable bonds is 1. The highest BCUT2D eigenvalue weighted by Crippen LogP contribution is 2.35. The van der Waals surface area contributed by atoms with Gasteiger partial charge < -0.3 is 0 Å². The molecule has 9 heavy (non-hydrogen) atoms. The lowest BCUT2D eigenvalue weighted by atomic mass is 10.3. The summed E-state index contributed by atoms with van der Waals surface area (Å²) in [7, 11) is 0. The minimum Gasteiger partial charge on any atom is -0.280 e. The van der Waals surface area contributed by atoms with E-state index < -0.39 is 0 Å². The standard InChI is InChI=1S/C5H4Cl2OS/c6-4-2-1-3(9-4)5(7)8/h2-3H,1H2. The summed E-state index contributed by atoms with van der Waals surface area (Å²) in [5.74, 6) is 0. The summed E-state index contributed by atoms with van der Waals surface area (Å²) in [5.41, 5.74) is 0.